The normalized spacial score (nSPS) is 18.0. The molecule has 0 radical (unpaired) electrons. The van der Waals surface area contributed by atoms with Crippen molar-refractivity contribution >= 4 is 33.5 Å². The summed E-state index contributed by atoms with van der Waals surface area (Å²) in [5.41, 5.74) is 3.09. The maximum absolute atomic E-state index is 13.9. The first-order chi connectivity index (χ1) is 12.2. The molecule has 1 aliphatic carbocycles. The standard InChI is InChI=1S/C19H18BrFN2O3/c1-19(2)8-10-5-14-17(24)23(4-3-22(14)15(10)9-19)13-7-11(21)6-12(20)16(13)18(25)26/h5-7H,3-4,8-9H2,1-2H3,(H,25,26). The van der Waals surface area contributed by atoms with Crippen molar-refractivity contribution in [1.82, 2.24) is 4.57 Å². The highest BCUT2D eigenvalue weighted by Crippen LogP contribution is 2.40. The molecule has 1 aromatic carbocycles. The van der Waals surface area contributed by atoms with E-state index in [-0.39, 0.29) is 27.0 Å². The molecule has 2 aromatic rings. The number of anilines is 1. The molecular weight excluding hydrogens is 403 g/mol. The molecule has 0 atom stereocenters. The summed E-state index contributed by atoms with van der Waals surface area (Å²) in [6.07, 6.45) is 1.84. The average Bonchev–Trinajstić information content (AvgIpc) is 2.99. The molecular formula is C19H18BrFN2O3. The number of amides is 1. The van der Waals surface area contributed by atoms with E-state index in [4.69, 9.17) is 0 Å². The molecule has 2 heterocycles. The van der Waals surface area contributed by atoms with Crippen molar-refractivity contribution in [3.8, 4) is 0 Å². The summed E-state index contributed by atoms with van der Waals surface area (Å²) in [5.74, 6) is -2.08. The number of nitrogens with zero attached hydrogens (tertiary/aromatic N) is 2. The molecule has 1 amide bonds. The maximum atomic E-state index is 13.9. The summed E-state index contributed by atoms with van der Waals surface area (Å²) in [6, 6.07) is 4.12. The minimum atomic E-state index is -1.20. The minimum absolute atomic E-state index is 0.0855. The van der Waals surface area contributed by atoms with Crippen LogP contribution in [0.5, 0.6) is 0 Å². The molecule has 4 rings (SSSR count). The number of fused-ring (bicyclic) bond motifs is 3. The number of halogens is 2. The molecule has 0 fully saturated rings. The predicted molar refractivity (Wildman–Crippen MR) is 98.4 cm³/mol. The Labute approximate surface area is 158 Å². The zero-order valence-electron chi connectivity index (χ0n) is 14.5. The summed E-state index contributed by atoms with van der Waals surface area (Å²) in [7, 11) is 0. The number of carboxylic acid groups (broad SMARTS) is 1. The van der Waals surface area contributed by atoms with Gasteiger partial charge in [0.05, 0.1) is 11.3 Å². The van der Waals surface area contributed by atoms with Crippen LogP contribution in [0.4, 0.5) is 10.1 Å². The number of carbonyl (C=O) groups excluding carboxylic acids is 1. The van der Waals surface area contributed by atoms with Crippen molar-refractivity contribution in [1.29, 1.82) is 0 Å². The molecule has 0 saturated carbocycles. The van der Waals surface area contributed by atoms with Gasteiger partial charge in [0, 0.05) is 23.3 Å². The monoisotopic (exact) mass is 420 g/mol. The third kappa shape index (κ3) is 2.57. The Morgan fingerprint density at radius 2 is 1.96 bits per heavy atom. The lowest BCUT2D eigenvalue weighted by atomic mass is 9.90. The predicted octanol–water partition coefficient (Wildman–Crippen LogP) is 3.87. The quantitative estimate of drug-likeness (QED) is 0.801. The SMILES string of the molecule is CC1(C)Cc2cc3n(c2C1)CCN(c1cc(F)cc(Br)c1C(=O)O)C3=O. The second-order valence-electron chi connectivity index (χ2n) is 7.71. The Morgan fingerprint density at radius 3 is 2.65 bits per heavy atom. The van der Waals surface area contributed by atoms with E-state index in [2.05, 4.69) is 29.8 Å². The van der Waals surface area contributed by atoms with Crippen molar-refractivity contribution in [2.24, 2.45) is 5.41 Å². The van der Waals surface area contributed by atoms with Crippen LogP contribution in [0, 0.1) is 11.2 Å². The molecule has 0 spiro atoms. The van der Waals surface area contributed by atoms with E-state index < -0.39 is 11.8 Å². The van der Waals surface area contributed by atoms with Crippen LogP contribution in [-0.2, 0) is 19.4 Å². The fourth-order valence-corrected chi connectivity index (χ4v) is 4.72. The molecule has 1 aromatic heterocycles. The fourth-order valence-electron chi connectivity index (χ4n) is 4.13. The molecule has 136 valence electrons. The molecule has 1 aliphatic heterocycles. The number of aromatic carboxylic acids is 1. The zero-order chi connectivity index (χ0) is 18.8. The highest BCUT2D eigenvalue weighted by atomic mass is 79.9. The molecule has 2 aliphatic rings. The van der Waals surface area contributed by atoms with Gasteiger partial charge in [-0.3, -0.25) is 4.79 Å². The lowest BCUT2D eigenvalue weighted by Crippen LogP contribution is -2.41. The van der Waals surface area contributed by atoms with E-state index in [1.54, 1.807) is 0 Å². The van der Waals surface area contributed by atoms with Gasteiger partial charge in [-0.15, -0.1) is 0 Å². The summed E-state index contributed by atoms with van der Waals surface area (Å²) < 4.78 is 16.1. The Kier molecular flexibility index (Phi) is 3.77. The number of aromatic nitrogens is 1. The van der Waals surface area contributed by atoms with Gasteiger partial charge in [0.15, 0.2) is 0 Å². The maximum Gasteiger partial charge on any atom is 0.338 e. The van der Waals surface area contributed by atoms with Crippen molar-refractivity contribution < 1.29 is 19.1 Å². The third-order valence-corrected chi connectivity index (χ3v) is 5.79. The first-order valence-electron chi connectivity index (χ1n) is 8.43. The Morgan fingerprint density at radius 1 is 1.23 bits per heavy atom. The van der Waals surface area contributed by atoms with Gasteiger partial charge in [0.2, 0.25) is 0 Å². The average molecular weight is 421 g/mol. The highest BCUT2D eigenvalue weighted by Gasteiger charge is 2.37. The van der Waals surface area contributed by atoms with Crippen LogP contribution in [0.3, 0.4) is 0 Å². The van der Waals surface area contributed by atoms with Crippen LogP contribution < -0.4 is 4.90 Å². The summed E-state index contributed by atoms with van der Waals surface area (Å²) >= 11 is 3.10. The van der Waals surface area contributed by atoms with Crippen LogP contribution in [0.25, 0.3) is 0 Å². The van der Waals surface area contributed by atoms with Crippen molar-refractivity contribution in [3.05, 3.63) is 51.0 Å². The van der Waals surface area contributed by atoms with Gasteiger partial charge >= 0.3 is 5.97 Å². The lowest BCUT2D eigenvalue weighted by molar-refractivity contribution is 0.0696. The summed E-state index contributed by atoms with van der Waals surface area (Å²) in [5, 5.41) is 9.51. The van der Waals surface area contributed by atoms with Gasteiger partial charge in [-0.25, -0.2) is 9.18 Å². The Balaban J connectivity index is 1.78. The molecule has 7 heteroatoms. The number of carboxylic acids is 1. The van der Waals surface area contributed by atoms with Crippen molar-refractivity contribution in [2.45, 2.75) is 33.2 Å². The molecule has 0 saturated heterocycles. The van der Waals surface area contributed by atoms with Gasteiger partial charge in [-0.05, 0) is 57.9 Å². The van der Waals surface area contributed by atoms with Gasteiger partial charge in [0.25, 0.3) is 5.91 Å². The molecule has 5 nitrogen and oxygen atoms in total. The second-order valence-corrected chi connectivity index (χ2v) is 8.57. The van der Waals surface area contributed by atoms with E-state index in [0.29, 0.717) is 18.8 Å². The van der Waals surface area contributed by atoms with Crippen LogP contribution >= 0.6 is 15.9 Å². The Bertz CT molecular complexity index is 964. The number of benzene rings is 1. The first-order valence-corrected chi connectivity index (χ1v) is 9.23. The molecule has 1 N–H and O–H groups in total. The first kappa shape index (κ1) is 17.3. The zero-order valence-corrected chi connectivity index (χ0v) is 16.1. The van der Waals surface area contributed by atoms with Gasteiger partial charge < -0.3 is 14.6 Å². The van der Waals surface area contributed by atoms with Crippen molar-refractivity contribution in [3.63, 3.8) is 0 Å². The highest BCUT2D eigenvalue weighted by molar-refractivity contribution is 9.10. The van der Waals surface area contributed by atoms with Gasteiger partial charge in [-0.2, -0.15) is 0 Å². The molecule has 0 bridgehead atoms. The largest absolute Gasteiger partial charge is 0.478 e. The number of hydrogen-bond acceptors (Lipinski definition) is 2. The van der Waals surface area contributed by atoms with Crippen LogP contribution in [0.2, 0.25) is 0 Å². The molecule has 26 heavy (non-hydrogen) atoms. The fraction of sp³-hybridized carbons (Fsp3) is 0.368. The summed E-state index contributed by atoms with van der Waals surface area (Å²) in [4.78, 5) is 26.1. The third-order valence-electron chi connectivity index (χ3n) is 5.16. The van der Waals surface area contributed by atoms with E-state index in [1.165, 1.54) is 16.2 Å². The number of carbonyl (C=O) groups is 2. The van der Waals surface area contributed by atoms with Gasteiger partial charge in [-0.1, -0.05) is 13.8 Å². The van der Waals surface area contributed by atoms with Gasteiger partial charge in [0.1, 0.15) is 11.5 Å². The van der Waals surface area contributed by atoms with E-state index in [9.17, 15) is 19.1 Å². The van der Waals surface area contributed by atoms with E-state index in [0.717, 1.165) is 25.0 Å². The number of rotatable bonds is 2. The smallest absolute Gasteiger partial charge is 0.338 e. The molecule has 0 unspecified atom stereocenters. The number of hydrogen-bond donors (Lipinski definition) is 1. The van der Waals surface area contributed by atoms with Crippen LogP contribution in [-0.4, -0.2) is 28.1 Å². The second kappa shape index (κ2) is 5.67. The topological polar surface area (TPSA) is 62.5 Å². The van der Waals surface area contributed by atoms with E-state index in [1.807, 2.05) is 10.6 Å². The lowest BCUT2D eigenvalue weighted by Gasteiger charge is -2.31. The van der Waals surface area contributed by atoms with E-state index >= 15 is 0 Å². The minimum Gasteiger partial charge on any atom is -0.478 e. The van der Waals surface area contributed by atoms with Crippen LogP contribution in [0.15, 0.2) is 22.7 Å². The Hall–Kier alpha value is -2.15. The van der Waals surface area contributed by atoms with Crippen molar-refractivity contribution in [2.75, 3.05) is 11.4 Å². The van der Waals surface area contributed by atoms with Crippen LogP contribution in [0.1, 0.15) is 46.0 Å². The summed E-state index contributed by atoms with van der Waals surface area (Å²) in [6.45, 7) is 5.30.